The average molecular weight is 448 g/mol. The summed E-state index contributed by atoms with van der Waals surface area (Å²) in [6.45, 7) is 1.36. The zero-order valence-corrected chi connectivity index (χ0v) is 17.7. The first kappa shape index (κ1) is 21.5. The molecular formula is C20H18ClN3O5S. The summed E-state index contributed by atoms with van der Waals surface area (Å²) < 4.78 is 31.4. The molecule has 3 aromatic rings. The SMILES string of the molecule is COc1ccc(NC(=O)Cn2nc(S(=O)(=O)c3ccc(C)cc3)ccc2=O)cc1Cl. The first-order chi connectivity index (χ1) is 14.2. The van der Waals surface area contributed by atoms with E-state index < -0.39 is 27.8 Å². The van der Waals surface area contributed by atoms with Crippen LogP contribution >= 0.6 is 11.6 Å². The van der Waals surface area contributed by atoms with Gasteiger partial charge < -0.3 is 10.1 Å². The highest BCUT2D eigenvalue weighted by molar-refractivity contribution is 7.91. The second-order valence-corrected chi connectivity index (χ2v) is 8.69. The van der Waals surface area contributed by atoms with Crippen molar-refractivity contribution in [3.63, 3.8) is 0 Å². The fourth-order valence-electron chi connectivity index (χ4n) is 2.61. The molecule has 1 aromatic heterocycles. The Hall–Kier alpha value is -3.17. The fraction of sp³-hybridized carbons (Fsp3) is 0.150. The lowest BCUT2D eigenvalue weighted by atomic mass is 10.2. The molecular weight excluding hydrogens is 430 g/mol. The maximum atomic E-state index is 12.8. The standard InChI is InChI=1S/C20H18ClN3O5S/c1-13-3-6-15(7-4-13)30(27,28)19-9-10-20(26)24(23-19)12-18(25)22-14-5-8-17(29-2)16(21)11-14/h3-11H,12H2,1-2H3,(H,22,25). The van der Waals surface area contributed by atoms with Crippen molar-refractivity contribution in [2.75, 3.05) is 12.4 Å². The van der Waals surface area contributed by atoms with Gasteiger partial charge in [-0.05, 0) is 43.3 Å². The number of aromatic nitrogens is 2. The van der Waals surface area contributed by atoms with Gasteiger partial charge in [0, 0.05) is 11.8 Å². The second kappa shape index (κ2) is 8.68. The number of halogens is 1. The predicted octanol–water partition coefficient (Wildman–Crippen LogP) is 2.69. The molecule has 3 rings (SSSR count). The lowest BCUT2D eigenvalue weighted by Gasteiger charge is -2.10. The van der Waals surface area contributed by atoms with Crippen LogP contribution in [0.5, 0.6) is 5.75 Å². The van der Waals surface area contributed by atoms with Crippen molar-refractivity contribution in [3.05, 3.63) is 75.5 Å². The van der Waals surface area contributed by atoms with Crippen LogP contribution in [0.2, 0.25) is 5.02 Å². The highest BCUT2D eigenvalue weighted by Gasteiger charge is 2.21. The van der Waals surface area contributed by atoms with Crippen molar-refractivity contribution in [2.24, 2.45) is 0 Å². The summed E-state index contributed by atoms with van der Waals surface area (Å²) in [6, 6.07) is 13.1. The van der Waals surface area contributed by atoms with Gasteiger partial charge in [-0.1, -0.05) is 29.3 Å². The molecule has 156 valence electrons. The number of nitrogens with zero attached hydrogens (tertiary/aromatic N) is 2. The molecule has 0 fully saturated rings. The topological polar surface area (TPSA) is 107 Å². The monoisotopic (exact) mass is 447 g/mol. The third-order valence-corrected chi connectivity index (χ3v) is 6.13. The lowest BCUT2D eigenvalue weighted by Crippen LogP contribution is -2.30. The quantitative estimate of drug-likeness (QED) is 0.622. The number of rotatable bonds is 6. The van der Waals surface area contributed by atoms with Crippen molar-refractivity contribution >= 4 is 33.0 Å². The number of sulfone groups is 1. The largest absolute Gasteiger partial charge is 0.495 e. The Balaban J connectivity index is 1.83. The van der Waals surface area contributed by atoms with Crippen molar-refractivity contribution in [2.45, 2.75) is 23.4 Å². The van der Waals surface area contributed by atoms with Crippen molar-refractivity contribution in [1.29, 1.82) is 0 Å². The number of hydrogen-bond acceptors (Lipinski definition) is 6. The highest BCUT2D eigenvalue weighted by atomic mass is 35.5. The van der Waals surface area contributed by atoms with E-state index in [0.29, 0.717) is 16.5 Å². The van der Waals surface area contributed by atoms with Gasteiger partial charge in [-0.2, -0.15) is 5.10 Å². The molecule has 30 heavy (non-hydrogen) atoms. The second-order valence-electron chi connectivity index (χ2n) is 6.38. The first-order valence-corrected chi connectivity index (χ1v) is 10.6. The van der Waals surface area contributed by atoms with Crippen LogP contribution in [0.25, 0.3) is 0 Å². The Kier molecular flexibility index (Phi) is 6.23. The molecule has 2 aromatic carbocycles. The van der Waals surface area contributed by atoms with E-state index in [1.807, 2.05) is 6.92 Å². The molecule has 0 aliphatic heterocycles. The van der Waals surface area contributed by atoms with E-state index in [9.17, 15) is 18.0 Å². The van der Waals surface area contributed by atoms with E-state index in [0.717, 1.165) is 22.4 Å². The molecule has 0 saturated heterocycles. The maximum absolute atomic E-state index is 12.8. The maximum Gasteiger partial charge on any atom is 0.267 e. The molecule has 1 heterocycles. The van der Waals surface area contributed by atoms with Gasteiger partial charge in [-0.25, -0.2) is 13.1 Å². The molecule has 0 atom stereocenters. The van der Waals surface area contributed by atoms with E-state index in [2.05, 4.69) is 10.4 Å². The summed E-state index contributed by atoms with van der Waals surface area (Å²) in [7, 11) is -2.47. The number of amides is 1. The van der Waals surface area contributed by atoms with Gasteiger partial charge in [0.1, 0.15) is 12.3 Å². The van der Waals surface area contributed by atoms with Crippen molar-refractivity contribution < 1.29 is 17.9 Å². The number of carbonyl (C=O) groups is 1. The van der Waals surface area contributed by atoms with Crippen LogP contribution in [-0.4, -0.2) is 31.2 Å². The zero-order chi connectivity index (χ0) is 21.9. The summed E-state index contributed by atoms with van der Waals surface area (Å²) >= 11 is 6.03. The van der Waals surface area contributed by atoms with E-state index in [4.69, 9.17) is 16.3 Å². The number of aryl methyl sites for hydroxylation is 1. The first-order valence-electron chi connectivity index (χ1n) is 8.74. The number of methoxy groups -OCH3 is 1. The molecule has 0 bridgehead atoms. The summed E-state index contributed by atoms with van der Waals surface area (Å²) in [5.74, 6) is -0.128. The number of hydrogen-bond donors (Lipinski definition) is 1. The van der Waals surface area contributed by atoms with Gasteiger partial charge >= 0.3 is 0 Å². The van der Waals surface area contributed by atoms with Crippen LogP contribution in [0.15, 0.2) is 69.3 Å². The van der Waals surface area contributed by atoms with Gasteiger partial charge in [0.2, 0.25) is 15.7 Å². The van der Waals surface area contributed by atoms with Crippen molar-refractivity contribution in [3.8, 4) is 5.75 Å². The molecule has 0 aliphatic carbocycles. The fourth-order valence-corrected chi connectivity index (χ4v) is 4.05. The van der Waals surface area contributed by atoms with Crippen molar-refractivity contribution in [1.82, 2.24) is 9.78 Å². The number of carbonyl (C=O) groups excluding carboxylic acids is 1. The van der Waals surface area contributed by atoms with E-state index >= 15 is 0 Å². The Morgan fingerprint density at radius 2 is 1.83 bits per heavy atom. The van der Waals surface area contributed by atoms with Crippen LogP contribution in [-0.2, 0) is 21.2 Å². The number of nitrogens with one attached hydrogen (secondary N) is 1. The van der Waals surface area contributed by atoms with Gasteiger partial charge in [0.15, 0.2) is 5.03 Å². The van der Waals surface area contributed by atoms with E-state index in [1.54, 1.807) is 24.3 Å². The summed E-state index contributed by atoms with van der Waals surface area (Å²) in [5.41, 5.74) is 0.685. The van der Waals surface area contributed by atoms with Gasteiger partial charge in [0.05, 0.1) is 17.0 Å². The third kappa shape index (κ3) is 4.69. The van der Waals surface area contributed by atoms with Crippen LogP contribution in [0.4, 0.5) is 5.69 Å². The molecule has 0 saturated carbocycles. The molecule has 1 N–H and O–H groups in total. The Bertz CT molecular complexity index is 1250. The Morgan fingerprint density at radius 3 is 2.47 bits per heavy atom. The minimum Gasteiger partial charge on any atom is -0.495 e. The van der Waals surface area contributed by atoms with Crippen LogP contribution in [0, 0.1) is 6.92 Å². The Labute approximate surface area is 178 Å². The highest BCUT2D eigenvalue weighted by Crippen LogP contribution is 2.27. The minimum absolute atomic E-state index is 0.0446. The lowest BCUT2D eigenvalue weighted by molar-refractivity contribution is -0.117. The van der Waals surface area contributed by atoms with Gasteiger partial charge in [-0.15, -0.1) is 0 Å². The predicted molar refractivity (Wildman–Crippen MR) is 112 cm³/mol. The zero-order valence-electron chi connectivity index (χ0n) is 16.1. The van der Waals surface area contributed by atoms with Crippen LogP contribution in [0.1, 0.15) is 5.56 Å². The van der Waals surface area contributed by atoms with Gasteiger partial charge in [0.25, 0.3) is 5.56 Å². The van der Waals surface area contributed by atoms with Gasteiger partial charge in [-0.3, -0.25) is 9.59 Å². The van der Waals surface area contributed by atoms with Crippen LogP contribution < -0.4 is 15.6 Å². The Morgan fingerprint density at radius 1 is 1.13 bits per heavy atom. The average Bonchev–Trinajstić information content (AvgIpc) is 2.70. The van der Waals surface area contributed by atoms with E-state index in [-0.39, 0.29) is 9.92 Å². The number of ether oxygens (including phenoxy) is 1. The minimum atomic E-state index is -3.94. The molecule has 0 unspecified atom stereocenters. The molecule has 10 heteroatoms. The smallest absolute Gasteiger partial charge is 0.267 e. The summed E-state index contributed by atoms with van der Waals surface area (Å²) in [5, 5.41) is 6.43. The number of anilines is 1. The third-order valence-electron chi connectivity index (χ3n) is 4.18. The molecule has 0 radical (unpaired) electrons. The normalized spacial score (nSPS) is 11.2. The van der Waals surface area contributed by atoms with E-state index in [1.165, 1.54) is 25.3 Å². The molecule has 0 aliphatic rings. The summed E-state index contributed by atoms with van der Waals surface area (Å²) in [4.78, 5) is 24.5. The molecule has 1 amide bonds. The summed E-state index contributed by atoms with van der Waals surface area (Å²) in [6.07, 6.45) is 0. The molecule has 8 nitrogen and oxygen atoms in total. The molecule has 0 spiro atoms. The van der Waals surface area contributed by atoms with Crippen LogP contribution in [0.3, 0.4) is 0 Å². The number of benzene rings is 2.